The largest absolute Gasteiger partial charge is 0.386 e. The predicted molar refractivity (Wildman–Crippen MR) is 93.2 cm³/mol. The summed E-state index contributed by atoms with van der Waals surface area (Å²) in [4.78, 5) is 16.7. The predicted octanol–water partition coefficient (Wildman–Crippen LogP) is 4.61. The van der Waals surface area contributed by atoms with Crippen LogP contribution in [0.1, 0.15) is 46.4 Å². The number of rotatable bonds is 5. The van der Waals surface area contributed by atoms with Crippen molar-refractivity contribution in [3.05, 3.63) is 24.0 Å². The van der Waals surface area contributed by atoms with Crippen LogP contribution in [-0.2, 0) is 21.9 Å². The molecule has 23 heavy (non-hydrogen) atoms. The molecule has 1 aliphatic rings. The smallest absolute Gasteiger partial charge is 0.315 e. The standard InChI is InChI=1S/C18H24N2O2S/c1-12(21)22-23-14-7-8-16-15(9-14)19-17(10-18(2,3)4)20(16)11-13-5-6-13/h7-9,13H,5-6,10-11H2,1-4H3. The number of carbonyl (C=O) groups excluding carboxylic acids is 1. The molecule has 0 saturated heterocycles. The molecule has 0 amide bonds. The van der Waals surface area contributed by atoms with Crippen molar-refractivity contribution in [2.24, 2.45) is 11.3 Å². The average Bonchev–Trinajstić information content (AvgIpc) is 3.19. The number of imidazole rings is 1. The van der Waals surface area contributed by atoms with Crippen molar-refractivity contribution >= 4 is 29.0 Å². The van der Waals surface area contributed by atoms with Crippen molar-refractivity contribution in [2.45, 2.75) is 58.4 Å². The molecule has 3 rings (SSSR count). The van der Waals surface area contributed by atoms with E-state index >= 15 is 0 Å². The van der Waals surface area contributed by atoms with Crippen LogP contribution in [-0.4, -0.2) is 15.5 Å². The van der Waals surface area contributed by atoms with Crippen LogP contribution in [0, 0.1) is 11.3 Å². The van der Waals surface area contributed by atoms with E-state index in [1.165, 1.54) is 25.3 Å². The summed E-state index contributed by atoms with van der Waals surface area (Å²) in [5, 5.41) is 0. The highest BCUT2D eigenvalue weighted by Gasteiger charge is 2.25. The molecule has 1 aromatic heterocycles. The monoisotopic (exact) mass is 332 g/mol. The second-order valence-corrected chi connectivity index (χ2v) is 8.43. The summed E-state index contributed by atoms with van der Waals surface area (Å²) in [5.74, 6) is 1.68. The van der Waals surface area contributed by atoms with E-state index in [1.54, 1.807) is 0 Å². The third-order valence-corrected chi connectivity index (χ3v) is 4.64. The van der Waals surface area contributed by atoms with Gasteiger partial charge in [0.1, 0.15) is 5.82 Å². The summed E-state index contributed by atoms with van der Waals surface area (Å²) in [5.41, 5.74) is 2.38. The lowest BCUT2D eigenvalue weighted by Crippen LogP contribution is -2.15. The minimum atomic E-state index is -0.289. The Labute approximate surface area is 141 Å². The van der Waals surface area contributed by atoms with Crippen LogP contribution in [0.4, 0.5) is 0 Å². The highest BCUT2D eigenvalue weighted by atomic mass is 32.2. The van der Waals surface area contributed by atoms with Crippen LogP contribution in [0.2, 0.25) is 0 Å². The zero-order valence-electron chi connectivity index (χ0n) is 14.3. The molecule has 5 heteroatoms. The Hall–Kier alpha value is -1.49. The zero-order valence-corrected chi connectivity index (χ0v) is 15.1. The van der Waals surface area contributed by atoms with Gasteiger partial charge >= 0.3 is 5.97 Å². The Morgan fingerprint density at radius 2 is 2.13 bits per heavy atom. The van der Waals surface area contributed by atoms with Gasteiger partial charge in [0, 0.05) is 19.9 Å². The van der Waals surface area contributed by atoms with E-state index < -0.39 is 0 Å². The van der Waals surface area contributed by atoms with Gasteiger partial charge in [-0.15, -0.1) is 0 Å². The number of hydrogen-bond donors (Lipinski definition) is 0. The van der Waals surface area contributed by atoms with Crippen molar-refractivity contribution in [3.8, 4) is 0 Å². The zero-order chi connectivity index (χ0) is 16.6. The lowest BCUT2D eigenvalue weighted by atomic mass is 9.92. The Bertz CT molecular complexity index is 726. The van der Waals surface area contributed by atoms with E-state index in [0.717, 1.165) is 47.2 Å². The topological polar surface area (TPSA) is 44.1 Å². The Balaban J connectivity index is 1.94. The van der Waals surface area contributed by atoms with Crippen molar-refractivity contribution in [1.82, 2.24) is 9.55 Å². The van der Waals surface area contributed by atoms with E-state index in [-0.39, 0.29) is 11.4 Å². The molecule has 4 nitrogen and oxygen atoms in total. The highest BCUT2D eigenvalue weighted by Crippen LogP contribution is 2.34. The Morgan fingerprint density at radius 1 is 1.39 bits per heavy atom. The van der Waals surface area contributed by atoms with Gasteiger partial charge in [0.2, 0.25) is 0 Å². The fourth-order valence-corrected chi connectivity index (χ4v) is 3.19. The molecule has 0 radical (unpaired) electrons. The second-order valence-electron chi connectivity index (χ2n) is 7.63. The fourth-order valence-electron chi connectivity index (χ4n) is 2.69. The maximum atomic E-state index is 11.0. The van der Waals surface area contributed by atoms with Crippen LogP contribution in [0.3, 0.4) is 0 Å². The summed E-state index contributed by atoms with van der Waals surface area (Å²) < 4.78 is 7.40. The van der Waals surface area contributed by atoms with Gasteiger partial charge in [0.15, 0.2) is 0 Å². The third-order valence-electron chi connectivity index (χ3n) is 3.88. The molecule has 0 unspecified atom stereocenters. The second kappa shape index (κ2) is 6.19. The molecule has 1 aliphatic carbocycles. The van der Waals surface area contributed by atoms with Crippen LogP contribution < -0.4 is 0 Å². The maximum Gasteiger partial charge on any atom is 0.315 e. The minimum Gasteiger partial charge on any atom is -0.386 e. The van der Waals surface area contributed by atoms with Crippen LogP contribution >= 0.6 is 12.0 Å². The lowest BCUT2D eigenvalue weighted by Gasteiger charge is -2.18. The molecule has 0 bridgehead atoms. The first-order valence-electron chi connectivity index (χ1n) is 8.16. The van der Waals surface area contributed by atoms with E-state index in [2.05, 4.69) is 31.4 Å². The van der Waals surface area contributed by atoms with Gasteiger partial charge in [0.25, 0.3) is 0 Å². The molecule has 1 heterocycles. The maximum absolute atomic E-state index is 11.0. The van der Waals surface area contributed by atoms with E-state index in [9.17, 15) is 4.79 Å². The summed E-state index contributed by atoms with van der Waals surface area (Å²) in [6, 6.07) is 6.11. The van der Waals surface area contributed by atoms with Crippen molar-refractivity contribution < 1.29 is 8.98 Å². The SMILES string of the molecule is CC(=O)OSc1ccc2c(c1)nc(CC(C)(C)C)n2CC1CC1. The molecule has 1 aromatic carbocycles. The van der Waals surface area contributed by atoms with Gasteiger partial charge in [-0.1, -0.05) is 20.8 Å². The molecule has 124 valence electrons. The number of aromatic nitrogens is 2. The Morgan fingerprint density at radius 3 is 2.74 bits per heavy atom. The first-order chi connectivity index (χ1) is 10.8. The summed E-state index contributed by atoms with van der Waals surface area (Å²) in [7, 11) is 0. The van der Waals surface area contributed by atoms with Crippen molar-refractivity contribution in [3.63, 3.8) is 0 Å². The first-order valence-corrected chi connectivity index (χ1v) is 8.90. The van der Waals surface area contributed by atoms with Gasteiger partial charge in [-0.2, -0.15) is 0 Å². The molecular formula is C18H24N2O2S. The molecule has 0 N–H and O–H groups in total. The van der Waals surface area contributed by atoms with Gasteiger partial charge in [0.05, 0.1) is 28.0 Å². The Kier molecular flexibility index (Phi) is 4.41. The molecule has 1 saturated carbocycles. The number of hydrogen-bond acceptors (Lipinski definition) is 4. The third kappa shape index (κ3) is 4.28. The van der Waals surface area contributed by atoms with Gasteiger partial charge in [-0.25, -0.2) is 4.98 Å². The van der Waals surface area contributed by atoms with Crippen molar-refractivity contribution in [2.75, 3.05) is 0 Å². The first kappa shape index (κ1) is 16.4. The number of fused-ring (bicyclic) bond motifs is 1. The van der Waals surface area contributed by atoms with Crippen LogP contribution in [0.5, 0.6) is 0 Å². The van der Waals surface area contributed by atoms with Gasteiger partial charge in [-0.3, -0.25) is 4.79 Å². The molecule has 0 spiro atoms. The van der Waals surface area contributed by atoms with E-state index in [0.29, 0.717) is 0 Å². The van der Waals surface area contributed by atoms with Crippen molar-refractivity contribution in [1.29, 1.82) is 0 Å². The molecule has 0 aliphatic heterocycles. The normalized spacial score (nSPS) is 15.1. The molecule has 0 atom stereocenters. The quantitative estimate of drug-likeness (QED) is 0.750. The number of carbonyl (C=O) groups is 1. The minimum absolute atomic E-state index is 0.206. The van der Waals surface area contributed by atoms with Gasteiger partial charge in [-0.05, 0) is 42.4 Å². The number of nitrogens with zero attached hydrogens (tertiary/aromatic N) is 2. The van der Waals surface area contributed by atoms with Gasteiger partial charge < -0.3 is 8.75 Å². The molecule has 2 aromatic rings. The molecule has 1 fully saturated rings. The van der Waals surface area contributed by atoms with Crippen LogP contribution in [0.15, 0.2) is 23.1 Å². The van der Waals surface area contributed by atoms with E-state index in [1.807, 2.05) is 12.1 Å². The fraction of sp³-hybridized carbons (Fsp3) is 0.556. The summed E-state index contributed by atoms with van der Waals surface area (Å²) >= 11 is 1.10. The molecular weight excluding hydrogens is 308 g/mol. The lowest BCUT2D eigenvalue weighted by molar-refractivity contribution is -0.130. The van der Waals surface area contributed by atoms with E-state index in [4.69, 9.17) is 9.17 Å². The highest BCUT2D eigenvalue weighted by molar-refractivity contribution is 7.95. The summed E-state index contributed by atoms with van der Waals surface area (Å²) in [6.45, 7) is 9.22. The average molecular weight is 332 g/mol. The van der Waals surface area contributed by atoms with Crippen LogP contribution in [0.25, 0.3) is 11.0 Å². The number of benzene rings is 1. The summed E-state index contributed by atoms with van der Waals surface area (Å²) in [6.07, 6.45) is 3.62.